The van der Waals surface area contributed by atoms with Gasteiger partial charge in [-0.3, -0.25) is 9.59 Å². The first kappa shape index (κ1) is 51.8. The minimum Gasteiger partial charge on any atom is -0.544 e. The van der Waals surface area contributed by atoms with Crippen LogP contribution in [0.25, 0.3) is 0 Å². The molecular formula is C46H85NO7. The molecule has 0 aromatic carbocycles. The van der Waals surface area contributed by atoms with Gasteiger partial charge in [-0.2, -0.15) is 0 Å². The van der Waals surface area contributed by atoms with Crippen molar-refractivity contribution in [3.8, 4) is 0 Å². The van der Waals surface area contributed by atoms with Crippen molar-refractivity contribution in [3.63, 3.8) is 0 Å². The molecule has 0 aliphatic heterocycles. The molecule has 0 fully saturated rings. The quantitative estimate of drug-likeness (QED) is 0.0265. The summed E-state index contributed by atoms with van der Waals surface area (Å²) in [6.45, 7) is 4.58. The Morgan fingerprint density at radius 3 is 1.43 bits per heavy atom. The molecule has 0 saturated carbocycles. The van der Waals surface area contributed by atoms with Crippen molar-refractivity contribution < 1.29 is 38.2 Å². The number of hydrogen-bond donors (Lipinski definition) is 0. The van der Waals surface area contributed by atoms with Crippen LogP contribution in [0.3, 0.4) is 0 Å². The van der Waals surface area contributed by atoms with E-state index in [4.69, 9.17) is 14.2 Å². The fourth-order valence-electron chi connectivity index (χ4n) is 6.55. The number of unbranched alkanes of at least 4 members (excludes halogenated alkanes) is 22. The monoisotopic (exact) mass is 764 g/mol. The van der Waals surface area contributed by atoms with Crippen molar-refractivity contribution >= 4 is 17.9 Å². The van der Waals surface area contributed by atoms with E-state index in [-0.39, 0.29) is 49.1 Å². The summed E-state index contributed by atoms with van der Waals surface area (Å²) in [4.78, 5) is 36.6. The molecule has 0 N–H and O–H groups in total. The molecule has 2 atom stereocenters. The molecule has 8 heteroatoms. The van der Waals surface area contributed by atoms with Crippen LogP contribution in [0.5, 0.6) is 0 Å². The van der Waals surface area contributed by atoms with Gasteiger partial charge in [-0.15, -0.1) is 0 Å². The summed E-state index contributed by atoms with van der Waals surface area (Å²) in [5.74, 6) is -1.80. The van der Waals surface area contributed by atoms with E-state index in [0.717, 1.165) is 32.1 Å². The number of ether oxygens (including phenoxy) is 3. The van der Waals surface area contributed by atoms with Crippen LogP contribution in [-0.2, 0) is 28.6 Å². The van der Waals surface area contributed by atoms with E-state index in [1.165, 1.54) is 128 Å². The molecule has 0 aromatic rings. The van der Waals surface area contributed by atoms with Crippen LogP contribution >= 0.6 is 0 Å². The summed E-state index contributed by atoms with van der Waals surface area (Å²) in [6.07, 6.45) is 41.0. The highest BCUT2D eigenvalue weighted by atomic mass is 16.6. The average molecular weight is 764 g/mol. The van der Waals surface area contributed by atoms with Gasteiger partial charge in [0.05, 0.1) is 40.3 Å². The van der Waals surface area contributed by atoms with E-state index in [2.05, 4.69) is 32.1 Å². The van der Waals surface area contributed by atoms with Crippen LogP contribution in [-0.4, -0.2) is 75.5 Å². The lowest BCUT2D eigenvalue weighted by Gasteiger charge is -2.34. The van der Waals surface area contributed by atoms with Crippen molar-refractivity contribution in [3.05, 3.63) is 24.3 Å². The van der Waals surface area contributed by atoms with E-state index >= 15 is 0 Å². The molecule has 0 aromatic heterocycles. The number of allylic oxidation sites excluding steroid dienone is 4. The maximum absolute atomic E-state index is 12.6. The van der Waals surface area contributed by atoms with Crippen molar-refractivity contribution in [2.45, 2.75) is 212 Å². The maximum Gasteiger partial charge on any atom is 0.306 e. The van der Waals surface area contributed by atoms with Gasteiger partial charge in [-0.25, -0.2) is 0 Å². The second-order valence-corrected chi connectivity index (χ2v) is 16.3. The first-order valence-electron chi connectivity index (χ1n) is 22.4. The van der Waals surface area contributed by atoms with E-state index in [9.17, 15) is 19.5 Å². The van der Waals surface area contributed by atoms with E-state index in [1.54, 1.807) is 21.1 Å². The Kier molecular flexibility index (Phi) is 36.2. The van der Waals surface area contributed by atoms with Gasteiger partial charge >= 0.3 is 11.9 Å². The van der Waals surface area contributed by atoms with Gasteiger partial charge < -0.3 is 28.6 Å². The molecule has 0 spiro atoms. The Bertz CT molecular complexity index is 942. The predicted molar refractivity (Wildman–Crippen MR) is 222 cm³/mol. The molecule has 0 heterocycles. The third-order valence-corrected chi connectivity index (χ3v) is 10.1. The highest BCUT2D eigenvalue weighted by Crippen LogP contribution is 2.14. The van der Waals surface area contributed by atoms with Crippen molar-refractivity contribution in [1.29, 1.82) is 0 Å². The van der Waals surface area contributed by atoms with Crippen LogP contribution in [0.2, 0.25) is 0 Å². The van der Waals surface area contributed by atoms with Gasteiger partial charge in [0.2, 0.25) is 0 Å². The van der Waals surface area contributed by atoms with E-state index < -0.39 is 18.1 Å². The summed E-state index contributed by atoms with van der Waals surface area (Å²) in [5.41, 5.74) is 0. The minimum absolute atomic E-state index is 0.0262. The number of rotatable bonds is 40. The number of carboxylic acids is 1. The van der Waals surface area contributed by atoms with Crippen LogP contribution in [0.1, 0.15) is 200 Å². The number of carboxylic acid groups (broad SMARTS) is 1. The Morgan fingerprint density at radius 1 is 0.537 bits per heavy atom. The fraction of sp³-hybridized carbons (Fsp3) is 0.848. The van der Waals surface area contributed by atoms with Gasteiger partial charge in [-0.1, -0.05) is 154 Å². The number of quaternary nitrogens is 1. The maximum atomic E-state index is 12.6. The summed E-state index contributed by atoms with van der Waals surface area (Å²) < 4.78 is 17.0. The summed E-state index contributed by atoms with van der Waals surface area (Å²) in [6, 6.07) is -0.728. The SMILES string of the molecule is CCCCCC/C=C/CCC(=O)OC(COCCC(C(=O)[O-])[N+](C)(C)C)COC(=O)CCCCCCCCC/C=C/CCCCCCCCCCCCC. The summed E-state index contributed by atoms with van der Waals surface area (Å²) in [7, 11) is 5.39. The molecule has 8 nitrogen and oxygen atoms in total. The molecule has 0 saturated heterocycles. The molecule has 0 rings (SSSR count). The average Bonchev–Trinajstić information content (AvgIpc) is 3.12. The van der Waals surface area contributed by atoms with Crippen LogP contribution in [0.15, 0.2) is 24.3 Å². The normalized spacial score (nSPS) is 13.1. The van der Waals surface area contributed by atoms with Gasteiger partial charge in [0.1, 0.15) is 12.6 Å². The van der Waals surface area contributed by atoms with Gasteiger partial charge in [-0.05, 0) is 51.4 Å². The van der Waals surface area contributed by atoms with Crippen LogP contribution < -0.4 is 5.11 Å². The lowest BCUT2D eigenvalue weighted by Crippen LogP contribution is -2.55. The Labute approximate surface area is 332 Å². The predicted octanol–water partition coefficient (Wildman–Crippen LogP) is 10.7. The lowest BCUT2D eigenvalue weighted by atomic mass is 10.0. The molecule has 0 aliphatic carbocycles. The van der Waals surface area contributed by atoms with E-state index in [1.807, 2.05) is 6.08 Å². The van der Waals surface area contributed by atoms with Crippen LogP contribution in [0.4, 0.5) is 0 Å². The number of aliphatic carboxylic acids is 1. The second kappa shape index (κ2) is 37.7. The van der Waals surface area contributed by atoms with Crippen molar-refractivity contribution in [2.75, 3.05) is 41.0 Å². The summed E-state index contributed by atoms with van der Waals surface area (Å²) in [5, 5.41) is 11.6. The third-order valence-electron chi connectivity index (χ3n) is 10.1. The van der Waals surface area contributed by atoms with E-state index in [0.29, 0.717) is 12.8 Å². The standard InChI is InChI=1S/C46H85NO7/c1-6-8-10-12-14-16-17-18-19-20-21-22-23-24-25-26-27-28-29-31-32-34-36-44(48)53-41-42(40-52-39-38-43(46(50)51)47(3,4)5)54-45(49)37-35-33-30-15-13-11-9-7-2/h23-24,30,33,42-43H,6-22,25-29,31-32,34-41H2,1-5H3/b24-23+,33-30+. The van der Waals surface area contributed by atoms with Gasteiger partial charge in [0, 0.05) is 19.3 Å². The molecule has 0 amide bonds. The fourth-order valence-corrected chi connectivity index (χ4v) is 6.55. The number of carbonyl (C=O) groups excluding carboxylic acids is 3. The van der Waals surface area contributed by atoms with Crippen molar-refractivity contribution in [1.82, 2.24) is 0 Å². The van der Waals surface area contributed by atoms with Crippen molar-refractivity contribution in [2.24, 2.45) is 0 Å². The second-order valence-electron chi connectivity index (χ2n) is 16.3. The molecule has 316 valence electrons. The zero-order chi connectivity index (χ0) is 40.0. The highest BCUT2D eigenvalue weighted by molar-refractivity contribution is 5.70. The zero-order valence-corrected chi connectivity index (χ0v) is 35.9. The topological polar surface area (TPSA) is 102 Å². The molecule has 54 heavy (non-hydrogen) atoms. The van der Waals surface area contributed by atoms with Gasteiger partial charge in [0.15, 0.2) is 6.10 Å². The number of esters is 2. The Hall–Kier alpha value is -2.19. The van der Waals surface area contributed by atoms with Crippen LogP contribution in [0, 0.1) is 0 Å². The Balaban J connectivity index is 4.16. The molecule has 0 radical (unpaired) electrons. The van der Waals surface area contributed by atoms with Gasteiger partial charge in [0.25, 0.3) is 0 Å². The molecule has 0 aliphatic rings. The third kappa shape index (κ3) is 35.5. The first-order chi connectivity index (χ1) is 26.1. The summed E-state index contributed by atoms with van der Waals surface area (Å²) >= 11 is 0. The zero-order valence-electron chi connectivity index (χ0n) is 35.9. The molecule has 0 bridgehead atoms. The highest BCUT2D eigenvalue weighted by Gasteiger charge is 2.25. The number of nitrogens with zero attached hydrogens (tertiary/aromatic N) is 1. The molecular weight excluding hydrogens is 679 g/mol. The number of carbonyl (C=O) groups is 3. The largest absolute Gasteiger partial charge is 0.544 e. The number of hydrogen-bond acceptors (Lipinski definition) is 7. The lowest BCUT2D eigenvalue weighted by molar-refractivity contribution is -0.889. The number of likely N-dealkylation sites (N-methyl/N-ethyl adjacent to an activating group) is 1. The first-order valence-corrected chi connectivity index (χ1v) is 22.4. The Morgan fingerprint density at radius 2 is 0.963 bits per heavy atom. The molecule has 2 unspecified atom stereocenters. The minimum atomic E-state index is -1.13. The smallest absolute Gasteiger partial charge is 0.306 e.